The standard InChI is InChI=1S/C27H19Cl2NO3/c1-33-27(32)20-6-4-8-22-25(20)26-23(30(22)15-17-5-2-3-7-21(17)29)13-18(14-24(26)31)16-9-11-19(28)12-10-16/h2-14,31H,15H2,1H3. The molecule has 33 heavy (non-hydrogen) atoms. The second-order valence-corrected chi connectivity index (χ2v) is 8.61. The third-order valence-electron chi connectivity index (χ3n) is 5.84. The fourth-order valence-corrected chi connectivity index (χ4v) is 4.62. The van der Waals surface area contributed by atoms with Crippen LogP contribution in [0.2, 0.25) is 10.0 Å². The van der Waals surface area contributed by atoms with Crippen molar-refractivity contribution in [1.82, 2.24) is 4.57 Å². The molecular weight excluding hydrogens is 457 g/mol. The first kappa shape index (κ1) is 21.4. The highest BCUT2D eigenvalue weighted by molar-refractivity contribution is 6.31. The minimum atomic E-state index is -0.460. The summed E-state index contributed by atoms with van der Waals surface area (Å²) < 4.78 is 7.09. The molecule has 1 aromatic heterocycles. The van der Waals surface area contributed by atoms with Crippen molar-refractivity contribution in [1.29, 1.82) is 0 Å². The van der Waals surface area contributed by atoms with Crippen LogP contribution in [-0.4, -0.2) is 22.8 Å². The van der Waals surface area contributed by atoms with E-state index in [-0.39, 0.29) is 5.75 Å². The number of phenolic OH excluding ortho intramolecular Hbond substituents is 1. The molecule has 1 N–H and O–H groups in total. The van der Waals surface area contributed by atoms with E-state index in [2.05, 4.69) is 4.57 Å². The number of hydrogen-bond acceptors (Lipinski definition) is 3. The number of rotatable bonds is 4. The summed E-state index contributed by atoms with van der Waals surface area (Å²) in [6.07, 6.45) is 0. The van der Waals surface area contributed by atoms with Crippen LogP contribution in [0, 0.1) is 0 Å². The number of carbonyl (C=O) groups excluding carboxylic acids is 1. The number of fused-ring (bicyclic) bond motifs is 3. The van der Waals surface area contributed by atoms with Crippen LogP contribution >= 0.6 is 23.2 Å². The van der Waals surface area contributed by atoms with Gasteiger partial charge in [-0.2, -0.15) is 0 Å². The van der Waals surface area contributed by atoms with Crippen molar-refractivity contribution in [2.75, 3.05) is 7.11 Å². The van der Waals surface area contributed by atoms with Gasteiger partial charge < -0.3 is 14.4 Å². The van der Waals surface area contributed by atoms with Gasteiger partial charge in [0.15, 0.2) is 0 Å². The van der Waals surface area contributed by atoms with Gasteiger partial charge in [0.25, 0.3) is 0 Å². The molecule has 0 unspecified atom stereocenters. The van der Waals surface area contributed by atoms with Crippen molar-refractivity contribution < 1.29 is 14.6 Å². The van der Waals surface area contributed by atoms with E-state index in [0.29, 0.717) is 32.9 Å². The average molecular weight is 476 g/mol. The molecule has 164 valence electrons. The van der Waals surface area contributed by atoms with Gasteiger partial charge in [-0.3, -0.25) is 0 Å². The molecule has 0 aliphatic carbocycles. The molecule has 0 saturated carbocycles. The normalized spacial score (nSPS) is 11.2. The first-order chi connectivity index (χ1) is 16.0. The number of esters is 1. The maximum atomic E-state index is 12.6. The molecule has 0 saturated heterocycles. The Morgan fingerprint density at radius 3 is 2.36 bits per heavy atom. The predicted octanol–water partition coefficient (Wildman–Crippen LogP) is 7.31. The molecule has 4 aromatic carbocycles. The van der Waals surface area contributed by atoms with Crippen LogP contribution < -0.4 is 0 Å². The van der Waals surface area contributed by atoms with E-state index in [0.717, 1.165) is 27.7 Å². The minimum Gasteiger partial charge on any atom is -0.507 e. The van der Waals surface area contributed by atoms with Crippen molar-refractivity contribution in [3.63, 3.8) is 0 Å². The first-order valence-corrected chi connectivity index (χ1v) is 11.1. The molecule has 6 heteroatoms. The lowest BCUT2D eigenvalue weighted by atomic mass is 10.0. The van der Waals surface area contributed by atoms with E-state index in [4.69, 9.17) is 27.9 Å². The topological polar surface area (TPSA) is 51.5 Å². The summed E-state index contributed by atoms with van der Waals surface area (Å²) in [6, 6.07) is 24.2. The van der Waals surface area contributed by atoms with Crippen molar-refractivity contribution in [3.05, 3.63) is 100 Å². The lowest BCUT2D eigenvalue weighted by molar-refractivity contribution is 0.0603. The lowest BCUT2D eigenvalue weighted by Gasteiger charge is -2.11. The number of nitrogens with zero attached hydrogens (tertiary/aromatic N) is 1. The highest BCUT2D eigenvalue weighted by atomic mass is 35.5. The molecular formula is C27H19Cl2NO3. The van der Waals surface area contributed by atoms with E-state index in [1.807, 2.05) is 66.7 Å². The predicted molar refractivity (Wildman–Crippen MR) is 133 cm³/mol. The maximum absolute atomic E-state index is 12.6. The number of methoxy groups -OCH3 is 1. The monoisotopic (exact) mass is 475 g/mol. The summed E-state index contributed by atoms with van der Waals surface area (Å²) in [6.45, 7) is 0.466. The van der Waals surface area contributed by atoms with E-state index in [1.54, 1.807) is 12.1 Å². The molecule has 0 radical (unpaired) electrons. The first-order valence-electron chi connectivity index (χ1n) is 10.3. The Kier molecular flexibility index (Phi) is 5.49. The summed E-state index contributed by atoms with van der Waals surface area (Å²) >= 11 is 12.5. The summed E-state index contributed by atoms with van der Waals surface area (Å²) in [5.41, 5.74) is 4.66. The van der Waals surface area contributed by atoms with Gasteiger partial charge in [-0.15, -0.1) is 0 Å². The second-order valence-electron chi connectivity index (χ2n) is 7.77. The molecule has 4 nitrogen and oxygen atoms in total. The van der Waals surface area contributed by atoms with E-state index in [1.165, 1.54) is 7.11 Å². The lowest BCUT2D eigenvalue weighted by Crippen LogP contribution is -2.03. The fourth-order valence-electron chi connectivity index (χ4n) is 4.29. The van der Waals surface area contributed by atoms with Crippen LogP contribution in [0.5, 0.6) is 5.75 Å². The molecule has 0 fully saturated rings. The van der Waals surface area contributed by atoms with Crippen LogP contribution in [0.1, 0.15) is 15.9 Å². The quantitative estimate of drug-likeness (QED) is 0.277. The molecule has 1 heterocycles. The van der Waals surface area contributed by atoms with E-state index in [9.17, 15) is 9.90 Å². The molecule has 5 aromatic rings. The second kappa shape index (κ2) is 8.47. The molecule has 0 aliphatic heterocycles. The van der Waals surface area contributed by atoms with Crippen LogP contribution in [-0.2, 0) is 11.3 Å². The van der Waals surface area contributed by atoms with Crippen LogP contribution in [0.3, 0.4) is 0 Å². The van der Waals surface area contributed by atoms with Gasteiger partial charge in [0.1, 0.15) is 5.75 Å². The maximum Gasteiger partial charge on any atom is 0.338 e. The third kappa shape index (κ3) is 3.71. The Bertz CT molecular complexity index is 1520. The zero-order chi connectivity index (χ0) is 23.1. The van der Waals surface area contributed by atoms with Crippen LogP contribution in [0.15, 0.2) is 78.9 Å². The largest absolute Gasteiger partial charge is 0.507 e. The SMILES string of the molecule is COC(=O)c1cccc2c1c1c(O)cc(-c3ccc(Cl)cc3)cc1n2Cc1ccccc1Cl. The highest BCUT2D eigenvalue weighted by Gasteiger charge is 2.22. The number of phenols is 1. The molecule has 0 amide bonds. The number of carbonyl (C=O) groups is 1. The fraction of sp³-hybridized carbons (Fsp3) is 0.0741. The van der Waals surface area contributed by atoms with Crippen molar-refractivity contribution in [2.24, 2.45) is 0 Å². The number of aromatic hydroxyl groups is 1. The highest BCUT2D eigenvalue weighted by Crippen LogP contribution is 2.41. The van der Waals surface area contributed by atoms with Gasteiger partial charge in [0.05, 0.1) is 29.1 Å². The van der Waals surface area contributed by atoms with Crippen molar-refractivity contribution >= 4 is 51.0 Å². The number of halogens is 2. The van der Waals surface area contributed by atoms with E-state index < -0.39 is 5.97 Å². The number of hydrogen-bond donors (Lipinski definition) is 1. The van der Waals surface area contributed by atoms with Gasteiger partial charge in [-0.05, 0) is 59.2 Å². The Hall–Kier alpha value is -3.47. The molecule has 0 atom stereocenters. The summed E-state index contributed by atoms with van der Waals surface area (Å²) in [5.74, 6) is -0.379. The molecule has 0 bridgehead atoms. The third-order valence-corrected chi connectivity index (χ3v) is 6.46. The Labute approximate surface area is 200 Å². The summed E-state index contributed by atoms with van der Waals surface area (Å²) in [4.78, 5) is 12.6. The Morgan fingerprint density at radius 2 is 1.64 bits per heavy atom. The van der Waals surface area contributed by atoms with E-state index >= 15 is 0 Å². The zero-order valence-electron chi connectivity index (χ0n) is 17.7. The Balaban J connectivity index is 1.85. The van der Waals surface area contributed by atoms with Gasteiger partial charge in [-0.25, -0.2) is 4.79 Å². The summed E-state index contributed by atoms with van der Waals surface area (Å²) in [7, 11) is 1.35. The van der Waals surface area contributed by atoms with Crippen LogP contribution in [0.4, 0.5) is 0 Å². The minimum absolute atomic E-state index is 0.0803. The number of benzene rings is 4. The zero-order valence-corrected chi connectivity index (χ0v) is 19.2. The average Bonchev–Trinajstić information content (AvgIpc) is 3.14. The molecule has 5 rings (SSSR count). The van der Waals surface area contributed by atoms with Gasteiger partial charge in [0.2, 0.25) is 0 Å². The Morgan fingerprint density at radius 1 is 0.879 bits per heavy atom. The van der Waals surface area contributed by atoms with Crippen molar-refractivity contribution in [2.45, 2.75) is 6.54 Å². The number of aromatic nitrogens is 1. The van der Waals surface area contributed by atoms with Gasteiger partial charge in [0, 0.05) is 22.0 Å². The van der Waals surface area contributed by atoms with Gasteiger partial charge >= 0.3 is 5.97 Å². The van der Waals surface area contributed by atoms with Gasteiger partial charge in [-0.1, -0.05) is 59.6 Å². The molecule has 0 spiro atoms. The molecule has 0 aliphatic rings. The smallest absolute Gasteiger partial charge is 0.338 e. The number of ether oxygens (including phenoxy) is 1. The summed E-state index contributed by atoms with van der Waals surface area (Å²) in [5, 5.41) is 13.7. The van der Waals surface area contributed by atoms with Crippen LogP contribution in [0.25, 0.3) is 32.9 Å². The van der Waals surface area contributed by atoms with Crippen molar-refractivity contribution in [3.8, 4) is 16.9 Å².